The van der Waals surface area contributed by atoms with Gasteiger partial charge in [0.15, 0.2) is 0 Å². The van der Waals surface area contributed by atoms with Gasteiger partial charge in [-0.05, 0) is 31.0 Å². The molecule has 1 aliphatic heterocycles. The van der Waals surface area contributed by atoms with Gasteiger partial charge in [0.2, 0.25) is 15.7 Å². The van der Waals surface area contributed by atoms with Crippen LogP contribution in [-0.4, -0.2) is 81.4 Å². The van der Waals surface area contributed by atoms with Crippen molar-refractivity contribution < 1.29 is 36.3 Å². The molecule has 1 amide bonds. The molecule has 3 N–H and O–H groups in total. The van der Waals surface area contributed by atoms with Gasteiger partial charge in [-0.15, -0.1) is 11.3 Å². The third-order valence-corrected chi connectivity index (χ3v) is 9.26. The van der Waals surface area contributed by atoms with Crippen molar-refractivity contribution in [2.24, 2.45) is 4.99 Å². The Bertz CT molecular complexity index is 1250. The van der Waals surface area contributed by atoms with Crippen LogP contribution in [0, 0.1) is 0 Å². The topological polar surface area (TPSA) is 128 Å². The molecule has 16 heteroatoms. The van der Waals surface area contributed by atoms with Crippen molar-refractivity contribution in [1.82, 2.24) is 15.5 Å². The van der Waals surface area contributed by atoms with Gasteiger partial charge in [-0.25, -0.2) is 13.2 Å². The molecule has 216 valence electrons. The van der Waals surface area contributed by atoms with E-state index in [2.05, 4.69) is 27.8 Å². The second-order valence-corrected chi connectivity index (χ2v) is 12.5. The molecule has 0 unspecified atom stereocenters. The Morgan fingerprint density at radius 3 is 2.38 bits per heavy atom. The number of carbonyl (C=O) groups is 2. The van der Waals surface area contributed by atoms with E-state index in [1.807, 2.05) is 12.1 Å². The minimum absolute atomic E-state index is 0.0348. The maximum atomic E-state index is 12.3. The molecule has 0 aliphatic carbocycles. The molecule has 0 radical (unpaired) electrons. The zero-order valence-electron chi connectivity index (χ0n) is 20.7. The van der Waals surface area contributed by atoms with Crippen LogP contribution < -0.4 is 10.6 Å². The number of carboxylic acids is 1. The number of aliphatic imine (C=N–C) groups is 1. The summed E-state index contributed by atoms with van der Waals surface area (Å²) in [5.41, 5.74) is 2.24. The maximum absolute atomic E-state index is 12.3. The fourth-order valence-electron chi connectivity index (χ4n) is 3.16. The van der Waals surface area contributed by atoms with Crippen molar-refractivity contribution in [3.05, 3.63) is 50.8 Å². The SMILES string of the molecule is CN(CCc1ccc(C2=NCCN2)cc1)C(=O)CCCNCS(=O)(=O)c1cc(Cl)c(Cl)s1.O=C(O)C(F)(F)F. The number of nitrogens with zero attached hydrogens (tertiary/aromatic N) is 2. The molecule has 0 spiro atoms. The first-order valence-electron chi connectivity index (χ1n) is 11.5. The van der Waals surface area contributed by atoms with Crippen LogP contribution in [0.5, 0.6) is 0 Å². The zero-order chi connectivity index (χ0) is 29.2. The fraction of sp³-hybridized carbons (Fsp3) is 0.435. The van der Waals surface area contributed by atoms with Gasteiger partial charge in [0, 0.05) is 32.1 Å². The Kier molecular flexibility index (Phi) is 12.5. The molecule has 3 rings (SSSR count). The minimum atomic E-state index is -5.08. The highest BCUT2D eigenvalue weighted by Crippen LogP contribution is 2.34. The number of amides is 1. The van der Waals surface area contributed by atoms with Crippen LogP contribution in [0.15, 0.2) is 39.5 Å². The highest BCUT2D eigenvalue weighted by Gasteiger charge is 2.38. The molecule has 2 heterocycles. The molecule has 9 nitrogen and oxygen atoms in total. The van der Waals surface area contributed by atoms with Crippen molar-refractivity contribution in [2.45, 2.75) is 29.6 Å². The number of nitrogens with one attached hydrogen (secondary N) is 2. The van der Waals surface area contributed by atoms with E-state index in [9.17, 15) is 26.4 Å². The molecular weight excluding hydrogens is 604 g/mol. The average molecular weight is 632 g/mol. The summed E-state index contributed by atoms with van der Waals surface area (Å²) in [6.45, 7) is 2.74. The van der Waals surface area contributed by atoms with Crippen molar-refractivity contribution in [2.75, 3.05) is 39.1 Å². The van der Waals surface area contributed by atoms with Gasteiger partial charge >= 0.3 is 12.1 Å². The first-order valence-corrected chi connectivity index (χ1v) is 14.7. The summed E-state index contributed by atoms with van der Waals surface area (Å²) in [5, 5.41) is 13.5. The lowest BCUT2D eigenvalue weighted by molar-refractivity contribution is -0.192. The Morgan fingerprint density at radius 2 is 1.87 bits per heavy atom. The van der Waals surface area contributed by atoms with Gasteiger partial charge in [-0.1, -0.05) is 47.5 Å². The molecule has 1 aromatic carbocycles. The van der Waals surface area contributed by atoms with Crippen LogP contribution in [0.25, 0.3) is 0 Å². The molecule has 0 fully saturated rings. The third kappa shape index (κ3) is 11.0. The second kappa shape index (κ2) is 14.8. The van der Waals surface area contributed by atoms with E-state index in [-0.39, 0.29) is 25.4 Å². The summed E-state index contributed by atoms with van der Waals surface area (Å²) in [7, 11) is -1.71. The van der Waals surface area contributed by atoms with E-state index < -0.39 is 22.0 Å². The van der Waals surface area contributed by atoms with Gasteiger partial charge < -0.3 is 20.6 Å². The Morgan fingerprint density at radius 1 is 1.23 bits per heavy atom. The Balaban J connectivity index is 0.000000673. The van der Waals surface area contributed by atoms with E-state index in [0.717, 1.165) is 47.8 Å². The third-order valence-electron chi connectivity index (χ3n) is 5.27. The number of likely N-dealkylation sites (N-methyl/N-ethyl adjacent to an activating group) is 1. The monoisotopic (exact) mass is 630 g/mol. The molecule has 0 atom stereocenters. The summed E-state index contributed by atoms with van der Waals surface area (Å²) in [6.07, 6.45) is -3.41. The lowest BCUT2D eigenvalue weighted by atomic mass is 10.1. The number of rotatable bonds is 11. The smallest absolute Gasteiger partial charge is 0.475 e. The number of alkyl halides is 3. The van der Waals surface area contributed by atoms with E-state index in [1.54, 1.807) is 11.9 Å². The Hall–Kier alpha value is -2.39. The number of amidine groups is 1. The molecular formula is C23H27Cl2F3N4O5S2. The predicted molar refractivity (Wildman–Crippen MR) is 145 cm³/mol. The summed E-state index contributed by atoms with van der Waals surface area (Å²) in [5.74, 6) is -2.00. The highest BCUT2D eigenvalue weighted by molar-refractivity contribution is 7.93. The van der Waals surface area contributed by atoms with Crippen LogP contribution in [0.1, 0.15) is 24.0 Å². The molecule has 1 aliphatic rings. The van der Waals surface area contributed by atoms with Crippen LogP contribution in [-0.2, 0) is 25.8 Å². The summed E-state index contributed by atoms with van der Waals surface area (Å²) < 4.78 is 56.7. The van der Waals surface area contributed by atoms with Crippen molar-refractivity contribution in [3.63, 3.8) is 0 Å². The lowest BCUT2D eigenvalue weighted by Gasteiger charge is -2.17. The zero-order valence-corrected chi connectivity index (χ0v) is 23.9. The number of carbonyl (C=O) groups excluding carboxylic acids is 1. The molecule has 0 bridgehead atoms. The van der Waals surface area contributed by atoms with Crippen LogP contribution in [0.4, 0.5) is 13.2 Å². The first kappa shape index (κ1) is 32.8. The van der Waals surface area contributed by atoms with Gasteiger partial charge in [-0.2, -0.15) is 13.2 Å². The molecule has 0 saturated heterocycles. The Labute approximate surface area is 237 Å². The van der Waals surface area contributed by atoms with E-state index >= 15 is 0 Å². The van der Waals surface area contributed by atoms with Gasteiger partial charge in [0.1, 0.15) is 20.3 Å². The first-order chi connectivity index (χ1) is 18.2. The van der Waals surface area contributed by atoms with E-state index in [0.29, 0.717) is 25.9 Å². The molecule has 0 saturated carbocycles. The van der Waals surface area contributed by atoms with Crippen molar-refractivity contribution in [1.29, 1.82) is 0 Å². The number of hydrogen-bond donors (Lipinski definition) is 3. The van der Waals surface area contributed by atoms with Gasteiger partial charge in [-0.3, -0.25) is 9.79 Å². The van der Waals surface area contributed by atoms with Crippen molar-refractivity contribution >= 4 is 62.1 Å². The summed E-state index contributed by atoms with van der Waals surface area (Å²) >= 11 is 12.6. The number of thiophene rings is 1. The van der Waals surface area contributed by atoms with Gasteiger partial charge in [0.05, 0.1) is 11.6 Å². The fourth-order valence-corrected chi connectivity index (χ4v) is 6.25. The van der Waals surface area contributed by atoms with Crippen molar-refractivity contribution in [3.8, 4) is 0 Å². The largest absolute Gasteiger partial charge is 0.490 e. The molecule has 39 heavy (non-hydrogen) atoms. The number of hydrogen-bond acceptors (Lipinski definition) is 8. The summed E-state index contributed by atoms with van der Waals surface area (Å²) in [6, 6.07) is 9.58. The van der Waals surface area contributed by atoms with E-state index in [1.165, 1.54) is 6.07 Å². The minimum Gasteiger partial charge on any atom is -0.475 e. The second-order valence-electron chi connectivity index (χ2n) is 8.27. The number of carboxylic acid groups (broad SMARTS) is 1. The summed E-state index contributed by atoms with van der Waals surface area (Å²) in [4.78, 5) is 27.4. The van der Waals surface area contributed by atoms with E-state index in [4.69, 9.17) is 33.1 Å². The standard InChI is InChI=1S/C21H26Cl2N4O3S2.C2HF3O2/c1-27(12-8-15-4-6-16(7-5-15)21-25-10-11-26-21)18(28)3-2-9-24-14-32(29,30)19-13-17(22)20(23)31-19;3-2(4,5)1(6)7/h4-7,13,24H,2-3,8-12,14H2,1H3,(H,25,26);(H,6,7). The van der Waals surface area contributed by atoms with Crippen LogP contribution in [0.3, 0.4) is 0 Å². The number of sulfone groups is 1. The van der Waals surface area contributed by atoms with Gasteiger partial charge in [0.25, 0.3) is 0 Å². The van der Waals surface area contributed by atoms with Crippen LogP contribution >= 0.6 is 34.5 Å². The predicted octanol–water partition coefficient (Wildman–Crippen LogP) is 3.84. The lowest BCUT2D eigenvalue weighted by Crippen LogP contribution is -2.30. The number of aliphatic carboxylic acids is 1. The average Bonchev–Trinajstić information content (AvgIpc) is 3.53. The quantitative estimate of drug-likeness (QED) is 0.322. The highest BCUT2D eigenvalue weighted by atomic mass is 35.5. The normalized spacial score (nSPS) is 13.2. The number of halogens is 5. The van der Waals surface area contributed by atoms with Crippen LogP contribution in [0.2, 0.25) is 9.36 Å². The molecule has 1 aromatic heterocycles. The number of benzene rings is 1. The maximum Gasteiger partial charge on any atom is 0.490 e. The molecule has 2 aromatic rings.